The van der Waals surface area contributed by atoms with Crippen molar-refractivity contribution in [1.82, 2.24) is 40.2 Å². The van der Waals surface area contributed by atoms with E-state index < -0.39 is 76.0 Å². The summed E-state index contributed by atoms with van der Waals surface area (Å²) < 4.78 is 111. The highest BCUT2D eigenvalue weighted by atomic mass is 32.2. The van der Waals surface area contributed by atoms with E-state index in [0.717, 1.165) is 22.3 Å². The molecular weight excluding hydrogens is 901 g/mol. The summed E-state index contributed by atoms with van der Waals surface area (Å²) in [6.07, 6.45) is -1.99. The molecule has 8 amide bonds. The number of hydrogen-bond acceptors (Lipinski definition) is 12. The van der Waals surface area contributed by atoms with E-state index in [-0.39, 0.29) is 45.3 Å². The third-order valence-corrected chi connectivity index (χ3v) is 14.4. The minimum atomic E-state index is -4.43. The summed E-state index contributed by atoms with van der Waals surface area (Å²) in [6.45, 7) is 8.16. The SMILES string of the molecule is Cc1ccc(S(=O)(=O)NC(=O)NC(CCCCC(C)(NC(=O)NS(=O)(=O)c2ccc(C)cc2)NC(=O)NS(=O)(=O)c2ccc(C)cc2)NC(=O)NS(=O)(=O)c2ccc(C)cc2)cc1. The first kappa shape index (κ1) is 49.4. The number of nitrogens with one attached hydrogen (secondary N) is 8. The van der Waals surface area contributed by atoms with Crippen LogP contribution in [0.5, 0.6) is 0 Å². The van der Waals surface area contributed by atoms with Gasteiger partial charge in [0.25, 0.3) is 40.1 Å². The Morgan fingerprint density at radius 2 is 0.683 bits per heavy atom. The minimum absolute atomic E-state index is 0.0217. The maximum Gasteiger partial charge on any atom is 0.330 e. The fraction of sp³-hybridized carbons (Fsp3) is 0.282. The smallest absolute Gasteiger partial charge is 0.317 e. The lowest BCUT2D eigenvalue weighted by molar-refractivity contribution is 0.204. The fourth-order valence-corrected chi connectivity index (χ4v) is 9.33. The number of amides is 8. The number of sulfonamides is 4. The first-order valence-corrected chi connectivity index (χ1v) is 24.8. The highest BCUT2D eigenvalue weighted by Gasteiger charge is 2.32. The van der Waals surface area contributed by atoms with Gasteiger partial charge in [-0.2, -0.15) is 0 Å². The van der Waals surface area contributed by atoms with Crippen LogP contribution >= 0.6 is 0 Å². The van der Waals surface area contributed by atoms with Gasteiger partial charge in [-0.1, -0.05) is 70.8 Å². The number of carbonyl (C=O) groups excluding carboxylic acids is 4. The second kappa shape index (κ2) is 20.3. The van der Waals surface area contributed by atoms with Crippen molar-refractivity contribution in [2.24, 2.45) is 0 Å². The van der Waals surface area contributed by atoms with Gasteiger partial charge in [0.1, 0.15) is 11.8 Å². The number of rotatable bonds is 17. The van der Waals surface area contributed by atoms with Crippen LogP contribution in [0.15, 0.2) is 117 Å². The van der Waals surface area contributed by atoms with Crippen LogP contribution < -0.4 is 40.2 Å². The lowest BCUT2D eigenvalue weighted by Crippen LogP contribution is -2.63. The molecular formula is C39H48N8O12S4. The van der Waals surface area contributed by atoms with Crippen molar-refractivity contribution >= 4 is 64.2 Å². The molecule has 20 nitrogen and oxygen atoms in total. The van der Waals surface area contributed by atoms with Crippen LogP contribution in [-0.2, 0) is 40.1 Å². The van der Waals surface area contributed by atoms with E-state index in [9.17, 15) is 52.8 Å². The van der Waals surface area contributed by atoms with E-state index in [2.05, 4.69) is 21.3 Å². The molecule has 63 heavy (non-hydrogen) atoms. The maximum atomic E-state index is 13.2. The van der Waals surface area contributed by atoms with Crippen molar-refractivity contribution < 1.29 is 52.8 Å². The van der Waals surface area contributed by atoms with Gasteiger partial charge in [-0.25, -0.2) is 71.7 Å². The molecule has 0 aromatic heterocycles. The normalized spacial score (nSPS) is 12.1. The number of unbranched alkanes of at least 4 members (excludes halogenated alkanes) is 1. The molecule has 340 valence electrons. The number of aryl methyl sites for hydroxylation is 4. The Morgan fingerprint density at radius 1 is 0.429 bits per heavy atom. The van der Waals surface area contributed by atoms with Gasteiger partial charge in [0.2, 0.25) is 0 Å². The molecule has 0 aliphatic carbocycles. The molecule has 4 aromatic carbocycles. The quantitative estimate of drug-likeness (QED) is 0.0557. The molecule has 0 spiro atoms. The average molecular weight is 949 g/mol. The molecule has 8 N–H and O–H groups in total. The molecule has 0 bridgehead atoms. The van der Waals surface area contributed by atoms with E-state index in [0.29, 0.717) is 0 Å². The summed E-state index contributed by atoms with van der Waals surface area (Å²) in [6, 6.07) is 17.0. The second-order valence-electron chi connectivity index (χ2n) is 14.7. The lowest BCUT2D eigenvalue weighted by Gasteiger charge is -2.32. The summed E-state index contributed by atoms with van der Waals surface area (Å²) in [5, 5.41) is 9.26. The lowest BCUT2D eigenvalue weighted by atomic mass is 10.0. The van der Waals surface area contributed by atoms with E-state index in [1.165, 1.54) is 104 Å². The van der Waals surface area contributed by atoms with Crippen molar-refractivity contribution in [3.8, 4) is 0 Å². The van der Waals surface area contributed by atoms with E-state index in [1.54, 1.807) is 27.7 Å². The molecule has 0 saturated carbocycles. The number of hydrogen-bond donors (Lipinski definition) is 8. The maximum absolute atomic E-state index is 13.2. The van der Waals surface area contributed by atoms with Crippen LogP contribution in [0.1, 0.15) is 54.9 Å². The summed E-state index contributed by atoms with van der Waals surface area (Å²) in [4.78, 5) is 51.4. The molecule has 0 fully saturated rings. The Balaban J connectivity index is 1.52. The molecule has 0 atom stereocenters. The van der Waals surface area contributed by atoms with Crippen LogP contribution in [0, 0.1) is 27.7 Å². The molecule has 0 radical (unpaired) electrons. The van der Waals surface area contributed by atoms with E-state index >= 15 is 0 Å². The summed E-state index contributed by atoms with van der Waals surface area (Å²) in [7, 11) is -17.7. The fourth-order valence-electron chi connectivity index (χ4n) is 5.68. The zero-order valence-electron chi connectivity index (χ0n) is 34.7. The summed E-state index contributed by atoms with van der Waals surface area (Å²) in [5.41, 5.74) is 1.09. The van der Waals surface area contributed by atoms with Crippen LogP contribution in [0.2, 0.25) is 0 Å². The van der Waals surface area contributed by atoms with Gasteiger partial charge >= 0.3 is 24.1 Å². The Labute approximate surface area is 366 Å². The van der Waals surface area contributed by atoms with Crippen molar-refractivity contribution in [3.63, 3.8) is 0 Å². The van der Waals surface area contributed by atoms with E-state index in [4.69, 9.17) is 0 Å². The Morgan fingerprint density at radius 3 is 0.952 bits per heavy atom. The van der Waals surface area contributed by atoms with Crippen molar-refractivity contribution in [1.29, 1.82) is 0 Å². The van der Waals surface area contributed by atoms with Gasteiger partial charge in [-0.3, -0.25) is 0 Å². The standard InChI is InChI=1S/C39H48N8O12S4/c1-26-9-17-30(18-10-26)60(52,53)44-35(48)40-34(41-36(49)45-61(54,55)31-19-11-27(2)12-20-31)8-6-7-25-39(5,42-37(50)46-62(56,57)32-21-13-28(3)14-22-32)43-38(51)47-63(58,59)33-23-15-29(4)16-24-33/h9-24,34H,6-8,25H2,1-5H3,(H2,40,44,48)(H2,41,45,49)(H2,42,46,50)(H2,43,47,51). The van der Waals surface area contributed by atoms with Gasteiger partial charge in [-0.15, -0.1) is 0 Å². The van der Waals surface area contributed by atoms with Crippen LogP contribution in [-0.4, -0.2) is 69.6 Å². The molecule has 0 unspecified atom stereocenters. The first-order valence-electron chi connectivity index (χ1n) is 18.9. The number of carbonyl (C=O) groups is 4. The predicted octanol–water partition coefficient (Wildman–Crippen LogP) is 3.58. The largest absolute Gasteiger partial charge is 0.330 e. The third kappa shape index (κ3) is 15.0. The summed E-state index contributed by atoms with van der Waals surface area (Å²) >= 11 is 0. The molecule has 0 aliphatic rings. The molecule has 0 saturated heterocycles. The zero-order chi connectivity index (χ0) is 46.8. The molecule has 0 aliphatic heterocycles. The highest BCUT2D eigenvalue weighted by molar-refractivity contribution is 7.91. The van der Waals surface area contributed by atoms with Crippen molar-refractivity contribution in [2.45, 2.75) is 91.7 Å². The van der Waals surface area contributed by atoms with Gasteiger partial charge in [-0.05, 0) is 109 Å². The first-order chi connectivity index (χ1) is 29.3. The number of urea groups is 4. The van der Waals surface area contributed by atoms with E-state index in [1.807, 2.05) is 18.9 Å². The van der Waals surface area contributed by atoms with Gasteiger partial charge in [0.15, 0.2) is 0 Å². The van der Waals surface area contributed by atoms with Gasteiger partial charge < -0.3 is 21.3 Å². The molecule has 4 aromatic rings. The topological polar surface area (TPSA) is 301 Å². The predicted molar refractivity (Wildman–Crippen MR) is 231 cm³/mol. The summed E-state index contributed by atoms with van der Waals surface area (Å²) in [5.74, 6) is 0. The van der Waals surface area contributed by atoms with Crippen LogP contribution in [0.4, 0.5) is 19.2 Å². The zero-order valence-corrected chi connectivity index (χ0v) is 37.9. The number of benzene rings is 4. The third-order valence-electron chi connectivity index (χ3n) is 9.04. The monoisotopic (exact) mass is 948 g/mol. The van der Waals surface area contributed by atoms with Crippen molar-refractivity contribution in [3.05, 3.63) is 119 Å². The Kier molecular flexibility index (Phi) is 15.9. The minimum Gasteiger partial charge on any atom is -0.317 e. The second-order valence-corrected chi connectivity index (χ2v) is 21.4. The van der Waals surface area contributed by atoms with Gasteiger partial charge in [0.05, 0.1) is 19.6 Å². The molecule has 24 heteroatoms. The highest BCUT2D eigenvalue weighted by Crippen LogP contribution is 2.17. The Hall–Kier alpha value is -6.24. The van der Waals surface area contributed by atoms with Crippen LogP contribution in [0.25, 0.3) is 0 Å². The molecule has 4 rings (SSSR count). The Bertz CT molecular complexity index is 2570. The van der Waals surface area contributed by atoms with Gasteiger partial charge in [0, 0.05) is 0 Å². The van der Waals surface area contributed by atoms with Crippen molar-refractivity contribution in [2.75, 3.05) is 0 Å². The van der Waals surface area contributed by atoms with Crippen LogP contribution in [0.3, 0.4) is 0 Å². The average Bonchev–Trinajstić information content (AvgIpc) is 3.16. The molecule has 0 heterocycles.